The third-order valence-corrected chi connectivity index (χ3v) is 5.07. The van der Waals surface area contributed by atoms with Crippen molar-refractivity contribution in [2.45, 2.75) is 37.1 Å². The summed E-state index contributed by atoms with van der Waals surface area (Å²) in [6, 6.07) is 10.5. The molecule has 0 amide bonds. The molecule has 22 heavy (non-hydrogen) atoms. The van der Waals surface area contributed by atoms with Crippen LogP contribution in [0.15, 0.2) is 41.6 Å². The molecule has 0 saturated heterocycles. The van der Waals surface area contributed by atoms with Gasteiger partial charge in [-0.3, -0.25) is 4.40 Å². The van der Waals surface area contributed by atoms with Crippen molar-refractivity contribution in [1.29, 1.82) is 0 Å². The number of fused-ring (bicyclic) bond motifs is 3. The summed E-state index contributed by atoms with van der Waals surface area (Å²) in [5, 5.41) is 1.17. The Hall–Kier alpha value is -1.81. The number of nitrogens with zero attached hydrogens (tertiary/aromatic N) is 3. The summed E-state index contributed by atoms with van der Waals surface area (Å²) in [6.07, 6.45) is 10.0. The molecule has 0 spiro atoms. The summed E-state index contributed by atoms with van der Waals surface area (Å²) < 4.78 is 2.23. The summed E-state index contributed by atoms with van der Waals surface area (Å²) in [6.45, 7) is 0. The maximum absolute atomic E-state index is 4.78. The lowest BCUT2D eigenvalue weighted by Crippen LogP contribution is -2.11. The second-order valence-corrected chi connectivity index (χ2v) is 6.61. The quantitative estimate of drug-likeness (QED) is 0.542. The van der Waals surface area contributed by atoms with Gasteiger partial charge in [0.15, 0.2) is 0 Å². The molecular formula is C18H19N3S. The first-order chi connectivity index (χ1) is 10.8. The van der Waals surface area contributed by atoms with Gasteiger partial charge in [-0.25, -0.2) is 9.97 Å². The van der Waals surface area contributed by atoms with E-state index in [4.69, 9.17) is 9.97 Å². The van der Waals surface area contributed by atoms with Crippen LogP contribution in [0.4, 0.5) is 0 Å². The van der Waals surface area contributed by atoms with Gasteiger partial charge in [0.2, 0.25) is 5.78 Å². The number of hydrogen-bond donors (Lipinski definition) is 0. The molecule has 0 bridgehead atoms. The third kappa shape index (κ3) is 2.41. The van der Waals surface area contributed by atoms with E-state index in [1.54, 1.807) is 11.8 Å². The molecule has 4 heteroatoms. The van der Waals surface area contributed by atoms with E-state index < -0.39 is 0 Å². The van der Waals surface area contributed by atoms with Gasteiger partial charge in [-0.05, 0) is 37.5 Å². The fourth-order valence-electron chi connectivity index (χ4n) is 3.30. The van der Waals surface area contributed by atoms with Crippen LogP contribution in [-0.4, -0.2) is 20.6 Å². The molecule has 2 aromatic heterocycles. The number of rotatable bonds is 3. The maximum Gasteiger partial charge on any atom is 0.235 e. The molecule has 4 rings (SSSR count). The Morgan fingerprint density at radius 1 is 1.09 bits per heavy atom. The lowest BCUT2D eigenvalue weighted by atomic mass is 9.97. The highest BCUT2D eigenvalue weighted by Crippen LogP contribution is 2.29. The standard InChI is InChI=1S/C18H19N3S/c1-22-17-15-9-5-6-10-16(15)21-12-14(19-18(21)20-17)11-13-7-3-2-4-8-13/h2-4,7-8,12H,5-6,9-11H2,1H3. The van der Waals surface area contributed by atoms with E-state index >= 15 is 0 Å². The summed E-state index contributed by atoms with van der Waals surface area (Å²) >= 11 is 1.75. The number of aromatic nitrogens is 3. The minimum Gasteiger partial charge on any atom is -0.288 e. The number of imidazole rings is 1. The zero-order chi connectivity index (χ0) is 14.9. The number of aryl methyl sites for hydroxylation is 1. The molecule has 3 aromatic rings. The molecule has 0 aliphatic heterocycles. The molecule has 0 saturated carbocycles. The lowest BCUT2D eigenvalue weighted by Gasteiger charge is -2.19. The highest BCUT2D eigenvalue weighted by molar-refractivity contribution is 7.98. The van der Waals surface area contributed by atoms with E-state index in [1.165, 1.54) is 34.7 Å². The molecule has 0 atom stereocenters. The van der Waals surface area contributed by atoms with E-state index in [9.17, 15) is 0 Å². The Balaban J connectivity index is 1.80. The van der Waals surface area contributed by atoms with Crippen molar-refractivity contribution in [3.05, 3.63) is 59.0 Å². The van der Waals surface area contributed by atoms with Crippen LogP contribution in [-0.2, 0) is 19.3 Å². The van der Waals surface area contributed by atoms with Crippen LogP contribution in [0.5, 0.6) is 0 Å². The summed E-state index contributed by atoms with van der Waals surface area (Å²) in [4.78, 5) is 9.55. The van der Waals surface area contributed by atoms with Gasteiger partial charge in [0, 0.05) is 23.9 Å². The summed E-state index contributed by atoms with van der Waals surface area (Å²) in [5.74, 6) is 0.857. The monoisotopic (exact) mass is 309 g/mol. The second kappa shape index (κ2) is 5.76. The Morgan fingerprint density at radius 2 is 1.91 bits per heavy atom. The normalized spacial score (nSPS) is 14.2. The molecule has 3 nitrogen and oxygen atoms in total. The molecule has 0 unspecified atom stereocenters. The topological polar surface area (TPSA) is 30.2 Å². The van der Waals surface area contributed by atoms with Crippen molar-refractivity contribution in [2.24, 2.45) is 0 Å². The van der Waals surface area contributed by atoms with Crippen LogP contribution in [0, 0.1) is 0 Å². The van der Waals surface area contributed by atoms with E-state index in [2.05, 4.69) is 47.2 Å². The van der Waals surface area contributed by atoms with Gasteiger partial charge in [0.05, 0.1) is 5.69 Å². The Kier molecular flexibility index (Phi) is 3.62. The SMILES string of the molecule is CSc1nc2nc(Cc3ccccc3)cn2c2c1CCCC2. The van der Waals surface area contributed by atoms with Crippen molar-refractivity contribution >= 4 is 17.5 Å². The lowest BCUT2D eigenvalue weighted by molar-refractivity contribution is 0.640. The first-order valence-electron chi connectivity index (χ1n) is 7.83. The third-order valence-electron chi connectivity index (χ3n) is 4.35. The van der Waals surface area contributed by atoms with Crippen LogP contribution in [0.1, 0.15) is 35.4 Å². The average molecular weight is 309 g/mol. The first-order valence-corrected chi connectivity index (χ1v) is 9.05. The molecule has 0 N–H and O–H groups in total. The first kappa shape index (κ1) is 13.8. The highest BCUT2D eigenvalue weighted by atomic mass is 32.2. The van der Waals surface area contributed by atoms with Crippen LogP contribution in [0.2, 0.25) is 0 Å². The van der Waals surface area contributed by atoms with E-state index in [0.29, 0.717) is 0 Å². The maximum atomic E-state index is 4.78. The van der Waals surface area contributed by atoms with Crippen molar-refractivity contribution in [1.82, 2.24) is 14.4 Å². The van der Waals surface area contributed by atoms with E-state index in [1.807, 2.05) is 0 Å². The zero-order valence-corrected chi connectivity index (χ0v) is 13.6. The molecule has 0 fully saturated rings. The van der Waals surface area contributed by atoms with Gasteiger partial charge in [-0.15, -0.1) is 11.8 Å². The van der Waals surface area contributed by atoms with Crippen LogP contribution < -0.4 is 0 Å². The van der Waals surface area contributed by atoms with Crippen LogP contribution in [0.25, 0.3) is 5.78 Å². The fourth-order valence-corrected chi connectivity index (χ4v) is 3.94. The number of hydrogen-bond acceptors (Lipinski definition) is 3. The molecular weight excluding hydrogens is 290 g/mol. The van der Waals surface area contributed by atoms with Gasteiger partial charge >= 0.3 is 0 Å². The predicted molar refractivity (Wildman–Crippen MR) is 90.7 cm³/mol. The highest BCUT2D eigenvalue weighted by Gasteiger charge is 2.19. The minimum atomic E-state index is 0.857. The molecule has 1 aliphatic rings. The van der Waals surface area contributed by atoms with Gasteiger partial charge in [0.1, 0.15) is 5.03 Å². The van der Waals surface area contributed by atoms with Crippen molar-refractivity contribution in [3.63, 3.8) is 0 Å². The van der Waals surface area contributed by atoms with Gasteiger partial charge in [-0.2, -0.15) is 0 Å². The minimum absolute atomic E-state index is 0.857. The Bertz CT molecular complexity index is 808. The summed E-state index contributed by atoms with van der Waals surface area (Å²) in [5.41, 5.74) is 5.26. The number of thioether (sulfide) groups is 1. The smallest absolute Gasteiger partial charge is 0.235 e. The molecule has 1 aromatic carbocycles. The van der Waals surface area contributed by atoms with Crippen molar-refractivity contribution in [2.75, 3.05) is 6.26 Å². The van der Waals surface area contributed by atoms with Crippen LogP contribution >= 0.6 is 11.8 Å². The van der Waals surface area contributed by atoms with Crippen molar-refractivity contribution in [3.8, 4) is 0 Å². The van der Waals surface area contributed by atoms with Crippen molar-refractivity contribution < 1.29 is 0 Å². The molecule has 1 aliphatic carbocycles. The van der Waals surface area contributed by atoms with E-state index in [0.717, 1.165) is 30.7 Å². The van der Waals surface area contributed by atoms with E-state index in [-0.39, 0.29) is 0 Å². The Labute approximate surface area is 134 Å². The van der Waals surface area contributed by atoms with Gasteiger partial charge < -0.3 is 0 Å². The second-order valence-electron chi connectivity index (χ2n) is 5.82. The predicted octanol–water partition coefficient (Wildman–Crippen LogP) is 3.92. The molecule has 2 heterocycles. The number of benzene rings is 1. The fraction of sp³-hybridized carbons (Fsp3) is 0.333. The molecule has 0 radical (unpaired) electrons. The zero-order valence-electron chi connectivity index (χ0n) is 12.7. The van der Waals surface area contributed by atoms with Gasteiger partial charge in [-0.1, -0.05) is 30.3 Å². The summed E-state index contributed by atoms with van der Waals surface area (Å²) in [7, 11) is 0. The largest absolute Gasteiger partial charge is 0.288 e. The average Bonchev–Trinajstić information content (AvgIpc) is 2.97. The van der Waals surface area contributed by atoms with Gasteiger partial charge in [0.25, 0.3) is 0 Å². The van der Waals surface area contributed by atoms with Crippen LogP contribution in [0.3, 0.4) is 0 Å². The molecule has 112 valence electrons. The Morgan fingerprint density at radius 3 is 2.73 bits per heavy atom.